The van der Waals surface area contributed by atoms with Gasteiger partial charge in [0.1, 0.15) is 23.0 Å². The molecule has 84 heavy (non-hydrogen) atoms. The highest BCUT2D eigenvalue weighted by Crippen LogP contribution is 2.70. The summed E-state index contributed by atoms with van der Waals surface area (Å²) < 4.78 is 25.3. The second-order valence-corrected chi connectivity index (χ2v) is 29.5. The molecule has 7 aromatic carbocycles. The Morgan fingerprint density at radius 2 is 0.786 bits per heavy atom. The predicted octanol–water partition coefficient (Wildman–Crippen LogP) is 17.4. The molecule has 0 spiro atoms. The molecule has 0 saturated heterocycles. The molecule has 10 aliphatic rings. The highest BCUT2D eigenvalue weighted by molar-refractivity contribution is 8.01. The number of amides is 4. The fourth-order valence-corrected chi connectivity index (χ4v) is 21.4. The molecule has 12 heteroatoms. The Kier molecular flexibility index (Phi) is 14.0. The lowest BCUT2D eigenvalue weighted by Gasteiger charge is -2.36. The van der Waals surface area contributed by atoms with E-state index in [1.807, 2.05) is 72.1 Å². The molecule has 4 unspecified atom stereocenters. The van der Waals surface area contributed by atoms with Crippen molar-refractivity contribution in [3.05, 3.63) is 106 Å². The number of unbranched alkanes of at least 4 members (excludes halogenated alkanes) is 4. The Hall–Kier alpha value is -5.98. The van der Waals surface area contributed by atoms with Crippen LogP contribution in [-0.4, -0.2) is 69.4 Å². The predicted molar refractivity (Wildman–Crippen MR) is 335 cm³/mol. The van der Waals surface area contributed by atoms with Gasteiger partial charge in [0.05, 0.1) is 39.5 Å². The quantitative estimate of drug-likeness (QED) is 0.0251. The minimum absolute atomic E-state index is 0.0418. The van der Waals surface area contributed by atoms with Crippen LogP contribution in [0, 0.1) is 35.5 Å². The van der Waals surface area contributed by atoms with Gasteiger partial charge in [-0.1, -0.05) is 65.5 Å². The summed E-state index contributed by atoms with van der Waals surface area (Å²) in [4.78, 5) is 67.5. The molecule has 4 atom stereocenters. The first-order valence-corrected chi connectivity index (χ1v) is 33.8. The number of hydrogen-bond acceptors (Lipinski definition) is 10. The number of nitrogens with zero attached hydrogens (tertiary/aromatic N) is 2. The van der Waals surface area contributed by atoms with Crippen LogP contribution in [0.25, 0.3) is 43.1 Å². The molecule has 0 aromatic heterocycles. The molecule has 8 bridgehead atoms. The third kappa shape index (κ3) is 8.84. The summed E-state index contributed by atoms with van der Waals surface area (Å²) in [6, 6.07) is 24.1. The Labute approximate surface area is 502 Å². The van der Waals surface area contributed by atoms with Crippen molar-refractivity contribution in [2.75, 3.05) is 26.4 Å². The Morgan fingerprint density at radius 1 is 0.417 bits per heavy atom. The number of ether oxygens (including phenoxy) is 4. The average molecular weight is 1160 g/mol. The molecule has 8 saturated carbocycles. The van der Waals surface area contributed by atoms with Gasteiger partial charge in [0.25, 0.3) is 23.6 Å². The summed E-state index contributed by atoms with van der Waals surface area (Å²) in [6.07, 6.45) is 19.9. The van der Waals surface area contributed by atoms with Crippen LogP contribution in [0.1, 0.15) is 196 Å². The first-order valence-electron chi connectivity index (χ1n) is 32.1. The van der Waals surface area contributed by atoms with E-state index in [9.17, 15) is 0 Å². The van der Waals surface area contributed by atoms with Crippen LogP contribution in [0.2, 0.25) is 0 Å². The summed E-state index contributed by atoms with van der Waals surface area (Å²) >= 11 is 3.99. The van der Waals surface area contributed by atoms with Crippen LogP contribution in [-0.2, 0) is 13.1 Å². The lowest BCUT2D eigenvalue weighted by molar-refractivity contribution is 0.0581. The minimum Gasteiger partial charge on any atom is -0.493 e. The van der Waals surface area contributed by atoms with Crippen LogP contribution in [0.5, 0.6) is 23.0 Å². The van der Waals surface area contributed by atoms with Crippen molar-refractivity contribution in [2.24, 2.45) is 35.5 Å². The number of imide groups is 2. The van der Waals surface area contributed by atoms with Crippen LogP contribution >= 0.6 is 23.5 Å². The van der Waals surface area contributed by atoms with Crippen LogP contribution < -0.4 is 18.9 Å². The third-order valence-corrected chi connectivity index (χ3v) is 24.4. The fraction of sp³-hybridized carbons (Fsp3) is 0.500. The van der Waals surface area contributed by atoms with Crippen LogP contribution in [0.3, 0.4) is 0 Å². The Balaban J connectivity index is 0.913. The van der Waals surface area contributed by atoms with E-state index in [-0.39, 0.29) is 46.2 Å². The largest absolute Gasteiger partial charge is 0.493 e. The summed E-state index contributed by atoms with van der Waals surface area (Å²) in [5.41, 5.74) is 3.67. The molecule has 2 aliphatic heterocycles. The Morgan fingerprint density at radius 3 is 1.17 bits per heavy atom. The van der Waals surface area contributed by atoms with E-state index in [1.165, 1.54) is 48.3 Å². The molecule has 8 aliphatic carbocycles. The van der Waals surface area contributed by atoms with Gasteiger partial charge in [0, 0.05) is 97.1 Å². The van der Waals surface area contributed by atoms with Crippen molar-refractivity contribution >= 4 is 90.2 Å². The van der Waals surface area contributed by atoms with E-state index >= 15 is 19.2 Å². The SMILES string of the molecule is CCCCOc1ccc(CN2C(=O)c3ccc4c5c(SC67CC8CC(CC6C8)C7)cc6c7c(ccc(c8c(SC9%10CC%11CC(CC9C%11)C%10)cc(c3c48)C2=O)c75)C(=O)N(Cc2ccc(OCCCC)cc2OCCCC)C6=O)c(OCCCC)c1. The highest BCUT2D eigenvalue weighted by atomic mass is 32.2. The van der Waals surface area contributed by atoms with Crippen molar-refractivity contribution < 1.29 is 38.1 Å². The van der Waals surface area contributed by atoms with Gasteiger partial charge in [-0.05, 0) is 185 Å². The van der Waals surface area contributed by atoms with Gasteiger partial charge in [-0.3, -0.25) is 29.0 Å². The average Bonchev–Trinajstić information content (AvgIpc) is 1.02. The van der Waals surface area contributed by atoms with Gasteiger partial charge in [-0.15, -0.1) is 23.5 Å². The van der Waals surface area contributed by atoms with Crippen LogP contribution in [0.4, 0.5) is 0 Å². The van der Waals surface area contributed by atoms with Crippen molar-refractivity contribution in [1.82, 2.24) is 9.80 Å². The second kappa shape index (κ2) is 21.5. The highest BCUT2D eigenvalue weighted by Gasteiger charge is 2.60. The molecule has 436 valence electrons. The maximum absolute atomic E-state index is 15.8. The number of rotatable bonds is 24. The molecule has 7 aromatic rings. The smallest absolute Gasteiger partial charge is 0.261 e. The first-order chi connectivity index (χ1) is 41.0. The van der Waals surface area contributed by atoms with Gasteiger partial charge >= 0.3 is 0 Å². The molecule has 0 radical (unpaired) electrons. The van der Waals surface area contributed by atoms with Crippen molar-refractivity contribution in [1.29, 1.82) is 0 Å². The zero-order valence-electron chi connectivity index (χ0n) is 49.3. The summed E-state index contributed by atoms with van der Waals surface area (Å²) in [7, 11) is 0. The lowest BCUT2D eigenvalue weighted by atomic mass is 9.82. The normalized spacial score (nSPS) is 26.0. The van der Waals surface area contributed by atoms with E-state index in [4.69, 9.17) is 18.9 Å². The van der Waals surface area contributed by atoms with Gasteiger partial charge in [-0.25, -0.2) is 0 Å². The molecule has 8 fully saturated rings. The topological polar surface area (TPSA) is 112 Å². The number of thioether (sulfide) groups is 2. The van der Waals surface area contributed by atoms with Gasteiger partial charge in [0.2, 0.25) is 0 Å². The van der Waals surface area contributed by atoms with Crippen molar-refractivity contribution in [3.8, 4) is 23.0 Å². The first kappa shape index (κ1) is 54.7. The number of hydrogen-bond donors (Lipinski definition) is 0. The van der Waals surface area contributed by atoms with Gasteiger partial charge < -0.3 is 18.9 Å². The van der Waals surface area contributed by atoms with E-state index in [1.54, 1.807) is 0 Å². The summed E-state index contributed by atoms with van der Waals surface area (Å²) in [5, 5.41) is 7.31. The van der Waals surface area contributed by atoms with Gasteiger partial charge in [0.15, 0.2) is 0 Å². The summed E-state index contributed by atoms with van der Waals surface area (Å²) in [6.45, 7) is 10.9. The van der Waals surface area contributed by atoms with Crippen molar-refractivity contribution in [3.63, 3.8) is 0 Å². The molecule has 2 heterocycles. The van der Waals surface area contributed by atoms with E-state index in [0.29, 0.717) is 118 Å². The molecular formula is C72H78N2O8S2. The van der Waals surface area contributed by atoms with Crippen LogP contribution in [0.15, 0.2) is 82.6 Å². The maximum atomic E-state index is 15.8. The maximum Gasteiger partial charge on any atom is 0.261 e. The fourth-order valence-electron chi connectivity index (χ4n) is 17.6. The molecular weight excluding hydrogens is 1080 g/mol. The zero-order valence-corrected chi connectivity index (χ0v) is 51.0. The van der Waals surface area contributed by atoms with Crippen molar-refractivity contribution in [2.45, 2.75) is 176 Å². The number of fused-ring (bicyclic) bond motifs is 2. The molecule has 0 N–H and O–H groups in total. The van der Waals surface area contributed by atoms with E-state index < -0.39 is 0 Å². The minimum atomic E-state index is -0.323. The number of benzene rings is 7. The monoisotopic (exact) mass is 1160 g/mol. The zero-order chi connectivity index (χ0) is 57.2. The lowest BCUT2D eigenvalue weighted by Crippen LogP contribution is -2.40. The molecule has 17 rings (SSSR count). The van der Waals surface area contributed by atoms with E-state index in [0.717, 1.165) is 130 Å². The third-order valence-electron chi connectivity index (χ3n) is 21.2. The van der Waals surface area contributed by atoms with Gasteiger partial charge in [-0.2, -0.15) is 0 Å². The van der Waals surface area contributed by atoms with E-state index in [2.05, 4.69) is 52.0 Å². The Bertz CT molecular complexity index is 3580. The second-order valence-electron chi connectivity index (χ2n) is 26.6. The standard InChI is InChI=1S/C72H78N2O8S2/c1-5-9-21-79-49-15-13-45(57(31-49)81-23-11-7-3)39-73-67(75)53-19-17-51-64-60(84-72-37-43-26-44(38-72)30-48(72)29-43)34-56-62-54(68(76)74(70(56)78)40-46-14-16-50(80-22-10-6-2)32-58(46)82-24-12-8-4)20-18-52(66(62)64)63-59(33-55(69(73)77)61(53)65(51)63)83-71-35-41-25-42(36-71)28-47(71)27-41/h13-20,31-34,41-44,47-48H,5-12,21-30,35-40H2,1-4H3. The summed E-state index contributed by atoms with van der Waals surface area (Å²) in [5.74, 6) is 5.48. The number of carbonyl (C=O) groups is 4. The molecule has 4 amide bonds. The molecule has 10 nitrogen and oxygen atoms in total. The number of carbonyl (C=O) groups excluding carboxylic acids is 4.